The molecule has 0 saturated carbocycles. The van der Waals surface area contributed by atoms with E-state index in [1.807, 2.05) is 24.3 Å². The molecule has 1 amide bonds. The van der Waals surface area contributed by atoms with E-state index in [1.54, 1.807) is 4.90 Å². The van der Waals surface area contributed by atoms with Gasteiger partial charge in [0.05, 0.1) is 17.1 Å². The van der Waals surface area contributed by atoms with Crippen molar-refractivity contribution in [1.29, 1.82) is 0 Å². The maximum atomic E-state index is 12.4. The number of hydrogen-bond acceptors (Lipinski definition) is 5. The monoisotopic (exact) mass is 421 g/mol. The van der Waals surface area contributed by atoms with E-state index in [0.717, 1.165) is 24.1 Å². The summed E-state index contributed by atoms with van der Waals surface area (Å²) < 4.78 is 29.5. The van der Waals surface area contributed by atoms with Gasteiger partial charge < -0.3 is 9.64 Å². The SMILES string of the molecule is O=C(CCS(=O)(=O)c1ccc(Cl)cc1)OCC(=O)N1CCCc2ccccc21. The number of hydrogen-bond donors (Lipinski definition) is 0. The van der Waals surface area contributed by atoms with Gasteiger partial charge in [0, 0.05) is 17.3 Å². The van der Waals surface area contributed by atoms with Crippen LogP contribution in [0.1, 0.15) is 18.4 Å². The van der Waals surface area contributed by atoms with Crippen molar-refractivity contribution >= 4 is 39.0 Å². The molecule has 148 valence electrons. The molecule has 0 spiro atoms. The number of fused-ring (bicyclic) bond motifs is 1. The second-order valence-corrected chi connectivity index (χ2v) is 9.01. The molecule has 2 aromatic rings. The van der Waals surface area contributed by atoms with E-state index >= 15 is 0 Å². The Morgan fingerprint density at radius 1 is 1.07 bits per heavy atom. The largest absolute Gasteiger partial charge is 0.456 e. The van der Waals surface area contributed by atoms with E-state index in [1.165, 1.54) is 24.3 Å². The molecule has 0 bridgehead atoms. The second-order valence-electron chi connectivity index (χ2n) is 6.46. The van der Waals surface area contributed by atoms with Crippen LogP contribution in [0.15, 0.2) is 53.4 Å². The van der Waals surface area contributed by atoms with Crippen molar-refractivity contribution in [2.75, 3.05) is 23.8 Å². The average molecular weight is 422 g/mol. The van der Waals surface area contributed by atoms with Gasteiger partial charge in [-0.3, -0.25) is 9.59 Å². The third-order valence-corrected chi connectivity index (χ3v) is 6.50. The van der Waals surface area contributed by atoms with E-state index in [4.69, 9.17) is 16.3 Å². The fourth-order valence-electron chi connectivity index (χ4n) is 3.06. The Balaban J connectivity index is 1.52. The number of amides is 1. The molecule has 28 heavy (non-hydrogen) atoms. The van der Waals surface area contributed by atoms with Gasteiger partial charge in [0.2, 0.25) is 0 Å². The summed E-state index contributed by atoms with van der Waals surface area (Å²) in [4.78, 5) is 26.1. The number of sulfone groups is 1. The Morgan fingerprint density at radius 2 is 1.79 bits per heavy atom. The van der Waals surface area contributed by atoms with E-state index in [2.05, 4.69) is 0 Å². The van der Waals surface area contributed by atoms with Crippen molar-refractivity contribution < 1.29 is 22.7 Å². The highest BCUT2D eigenvalue weighted by Crippen LogP contribution is 2.26. The molecule has 0 atom stereocenters. The van der Waals surface area contributed by atoms with Crippen LogP contribution in [0.25, 0.3) is 0 Å². The van der Waals surface area contributed by atoms with Crippen LogP contribution in [0.2, 0.25) is 5.02 Å². The first kappa shape index (κ1) is 20.4. The van der Waals surface area contributed by atoms with Crippen molar-refractivity contribution in [3.05, 3.63) is 59.1 Å². The Morgan fingerprint density at radius 3 is 2.54 bits per heavy atom. The Kier molecular flexibility index (Phi) is 6.36. The lowest BCUT2D eigenvalue weighted by atomic mass is 10.0. The van der Waals surface area contributed by atoms with Gasteiger partial charge in [-0.05, 0) is 48.7 Å². The molecule has 0 N–H and O–H groups in total. The number of carbonyl (C=O) groups is 2. The summed E-state index contributed by atoms with van der Waals surface area (Å²) in [5.41, 5.74) is 1.92. The number of rotatable bonds is 6. The van der Waals surface area contributed by atoms with Crippen LogP contribution in [0, 0.1) is 0 Å². The number of halogens is 1. The van der Waals surface area contributed by atoms with Crippen LogP contribution < -0.4 is 4.90 Å². The average Bonchev–Trinajstić information content (AvgIpc) is 2.70. The van der Waals surface area contributed by atoms with Gasteiger partial charge in [-0.15, -0.1) is 0 Å². The molecular weight excluding hydrogens is 402 g/mol. The summed E-state index contributed by atoms with van der Waals surface area (Å²) in [5, 5.41) is 0.427. The standard InChI is InChI=1S/C20H20ClNO5S/c21-16-7-9-17(10-8-16)28(25,26)13-11-20(24)27-14-19(23)22-12-3-5-15-4-1-2-6-18(15)22/h1-2,4,6-10H,3,5,11-14H2. The lowest BCUT2D eigenvalue weighted by Crippen LogP contribution is -2.38. The number of ether oxygens (including phenoxy) is 1. The number of para-hydroxylation sites is 1. The minimum Gasteiger partial charge on any atom is -0.456 e. The van der Waals surface area contributed by atoms with Crippen molar-refractivity contribution in [1.82, 2.24) is 0 Å². The molecular formula is C20H20ClNO5S. The molecule has 0 aromatic heterocycles. The Labute approximate surface area is 169 Å². The number of nitrogens with zero attached hydrogens (tertiary/aromatic N) is 1. The Hall–Kier alpha value is -2.38. The third kappa shape index (κ3) is 4.91. The fraction of sp³-hybridized carbons (Fsp3) is 0.300. The van der Waals surface area contributed by atoms with Crippen LogP contribution in [0.3, 0.4) is 0 Å². The maximum absolute atomic E-state index is 12.4. The number of carbonyl (C=O) groups excluding carboxylic acids is 2. The summed E-state index contributed by atoms with van der Waals surface area (Å²) >= 11 is 5.75. The van der Waals surface area contributed by atoms with Crippen molar-refractivity contribution in [2.24, 2.45) is 0 Å². The van der Waals surface area contributed by atoms with Gasteiger partial charge in [0.1, 0.15) is 0 Å². The molecule has 3 rings (SSSR count). The zero-order valence-electron chi connectivity index (χ0n) is 15.1. The number of esters is 1. The number of aryl methyl sites for hydroxylation is 1. The third-order valence-electron chi connectivity index (χ3n) is 4.52. The van der Waals surface area contributed by atoms with E-state index in [9.17, 15) is 18.0 Å². The first-order valence-corrected chi connectivity index (χ1v) is 10.9. The predicted molar refractivity (Wildman–Crippen MR) is 106 cm³/mol. The summed E-state index contributed by atoms with van der Waals surface area (Å²) in [7, 11) is -3.63. The molecule has 1 aliphatic heterocycles. The van der Waals surface area contributed by atoms with Gasteiger partial charge in [-0.25, -0.2) is 8.42 Å². The smallest absolute Gasteiger partial charge is 0.307 e. The first-order valence-electron chi connectivity index (χ1n) is 8.89. The zero-order chi connectivity index (χ0) is 20.1. The van der Waals surface area contributed by atoms with Gasteiger partial charge in [0.25, 0.3) is 5.91 Å². The molecule has 0 saturated heterocycles. The van der Waals surface area contributed by atoms with Gasteiger partial charge in [0.15, 0.2) is 16.4 Å². The molecule has 0 fully saturated rings. The zero-order valence-corrected chi connectivity index (χ0v) is 16.7. The molecule has 1 aliphatic rings. The number of anilines is 1. The van der Waals surface area contributed by atoms with E-state index in [-0.39, 0.29) is 17.2 Å². The Bertz CT molecular complexity index is 972. The van der Waals surface area contributed by atoms with Crippen LogP contribution in [0.5, 0.6) is 0 Å². The topological polar surface area (TPSA) is 80.7 Å². The highest BCUT2D eigenvalue weighted by molar-refractivity contribution is 7.91. The minimum absolute atomic E-state index is 0.0886. The quantitative estimate of drug-likeness (QED) is 0.670. The van der Waals surface area contributed by atoms with Crippen LogP contribution in [-0.4, -0.2) is 39.2 Å². The summed E-state index contributed by atoms with van der Waals surface area (Å²) in [6.45, 7) is 0.159. The molecule has 8 heteroatoms. The minimum atomic E-state index is -3.63. The second kappa shape index (κ2) is 8.75. The molecule has 1 heterocycles. The van der Waals surface area contributed by atoms with Crippen LogP contribution in [0.4, 0.5) is 5.69 Å². The molecule has 0 radical (unpaired) electrons. The normalized spacial score (nSPS) is 13.7. The van der Waals surface area contributed by atoms with Crippen LogP contribution >= 0.6 is 11.6 Å². The first-order chi connectivity index (χ1) is 13.4. The van der Waals surface area contributed by atoms with Gasteiger partial charge in [-0.2, -0.15) is 0 Å². The number of benzene rings is 2. The summed E-state index contributed by atoms with van der Waals surface area (Å²) in [5.74, 6) is -1.44. The highest BCUT2D eigenvalue weighted by atomic mass is 35.5. The van der Waals surface area contributed by atoms with Crippen molar-refractivity contribution in [3.63, 3.8) is 0 Å². The van der Waals surface area contributed by atoms with E-state index in [0.29, 0.717) is 11.6 Å². The van der Waals surface area contributed by atoms with Crippen molar-refractivity contribution in [2.45, 2.75) is 24.2 Å². The molecule has 6 nitrogen and oxygen atoms in total. The molecule has 0 unspecified atom stereocenters. The lowest BCUT2D eigenvalue weighted by molar-refractivity contribution is -0.147. The van der Waals surface area contributed by atoms with Gasteiger partial charge in [-0.1, -0.05) is 29.8 Å². The van der Waals surface area contributed by atoms with Gasteiger partial charge >= 0.3 is 5.97 Å². The van der Waals surface area contributed by atoms with E-state index < -0.39 is 28.2 Å². The molecule has 0 aliphatic carbocycles. The maximum Gasteiger partial charge on any atom is 0.307 e. The summed E-state index contributed by atoms with van der Waals surface area (Å²) in [6, 6.07) is 13.4. The highest BCUT2D eigenvalue weighted by Gasteiger charge is 2.23. The fourth-order valence-corrected chi connectivity index (χ4v) is 4.41. The lowest BCUT2D eigenvalue weighted by Gasteiger charge is -2.29. The van der Waals surface area contributed by atoms with Crippen LogP contribution in [-0.2, 0) is 30.6 Å². The van der Waals surface area contributed by atoms with Crippen molar-refractivity contribution in [3.8, 4) is 0 Å². The molecule has 2 aromatic carbocycles. The summed E-state index contributed by atoms with van der Waals surface area (Å²) in [6.07, 6.45) is 1.42. The predicted octanol–water partition coefficient (Wildman–Crippen LogP) is 3.03.